The fourth-order valence-corrected chi connectivity index (χ4v) is 1.80. The third-order valence-corrected chi connectivity index (χ3v) is 2.90. The first kappa shape index (κ1) is 18.4. The molecule has 0 aliphatic carbocycles. The van der Waals surface area contributed by atoms with Gasteiger partial charge in [0.15, 0.2) is 0 Å². The van der Waals surface area contributed by atoms with E-state index >= 15 is 0 Å². The largest absolute Gasteiger partial charge is 0.465 e. The van der Waals surface area contributed by atoms with Crippen molar-refractivity contribution < 1.29 is 14.3 Å². The number of hydrogen-bond acceptors (Lipinski definition) is 5. The maximum absolute atomic E-state index is 11.8. The lowest BCUT2D eigenvalue weighted by Gasteiger charge is -2.21. The van der Waals surface area contributed by atoms with Crippen LogP contribution in [-0.4, -0.2) is 63.9 Å². The van der Waals surface area contributed by atoms with E-state index in [9.17, 15) is 4.79 Å². The molecule has 0 radical (unpaired) electrons. The summed E-state index contributed by atoms with van der Waals surface area (Å²) in [6.07, 6.45) is 2.81. The number of rotatable bonds is 12. The zero-order valence-corrected chi connectivity index (χ0v) is 12.9. The number of nitrogens with one attached hydrogen (secondary N) is 1. The molecule has 0 bridgehead atoms. The second kappa shape index (κ2) is 12.4. The minimum absolute atomic E-state index is 0.138. The summed E-state index contributed by atoms with van der Waals surface area (Å²) in [5, 5.41) is 3.25. The van der Waals surface area contributed by atoms with E-state index in [1.165, 1.54) is 0 Å². The van der Waals surface area contributed by atoms with Crippen LogP contribution in [0.1, 0.15) is 33.1 Å². The Hall–Kier alpha value is -0.650. The first-order valence-electron chi connectivity index (χ1n) is 7.23. The molecule has 0 aromatic carbocycles. The van der Waals surface area contributed by atoms with Crippen molar-refractivity contribution in [2.75, 3.05) is 47.0 Å². The van der Waals surface area contributed by atoms with Crippen LogP contribution >= 0.6 is 0 Å². The topological polar surface area (TPSA) is 50.8 Å². The Morgan fingerprint density at radius 3 is 2.63 bits per heavy atom. The molecule has 0 rings (SSSR count). The monoisotopic (exact) mass is 274 g/mol. The molecule has 0 amide bonds. The third kappa shape index (κ3) is 9.87. The van der Waals surface area contributed by atoms with Gasteiger partial charge >= 0.3 is 5.97 Å². The number of methoxy groups -OCH3 is 1. The predicted octanol–water partition coefficient (Wildman–Crippen LogP) is 1.28. The maximum atomic E-state index is 11.8. The predicted molar refractivity (Wildman–Crippen MR) is 77.3 cm³/mol. The van der Waals surface area contributed by atoms with E-state index in [-0.39, 0.29) is 12.0 Å². The molecule has 114 valence electrons. The lowest BCUT2D eigenvalue weighted by atomic mass is 10.2. The van der Waals surface area contributed by atoms with E-state index in [2.05, 4.69) is 24.2 Å². The summed E-state index contributed by atoms with van der Waals surface area (Å²) < 4.78 is 10.1. The first-order valence-corrected chi connectivity index (χ1v) is 7.23. The standard InChI is InChI=1S/C14H30N2O3/c1-5-9-15-13(14(17)19-6-2)8-11-16(3)10-7-12-18-4/h13,15H,5-12H2,1-4H3. The molecule has 0 aliphatic heterocycles. The third-order valence-electron chi connectivity index (χ3n) is 2.90. The molecule has 5 heteroatoms. The minimum atomic E-state index is -0.190. The molecule has 1 atom stereocenters. The maximum Gasteiger partial charge on any atom is 0.323 e. The van der Waals surface area contributed by atoms with Crippen LogP contribution in [0.15, 0.2) is 0 Å². The fraction of sp³-hybridized carbons (Fsp3) is 0.929. The quantitative estimate of drug-likeness (QED) is 0.429. The van der Waals surface area contributed by atoms with Crippen LogP contribution in [0.3, 0.4) is 0 Å². The van der Waals surface area contributed by atoms with E-state index in [0.717, 1.165) is 45.5 Å². The second-order valence-corrected chi connectivity index (χ2v) is 4.70. The molecular formula is C14H30N2O3. The minimum Gasteiger partial charge on any atom is -0.465 e. The van der Waals surface area contributed by atoms with Gasteiger partial charge in [-0.05, 0) is 46.3 Å². The molecular weight excluding hydrogens is 244 g/mol. The highest BCUT2D eigenvalue weighted by atomic mass is 16.5. The molecule has 0 saturated heterocycles. The van der Waals surface area contributed by atoms with E-state index in [1.54, 1.807) is 7.11 Å². The van der Waals surface area contributed by atoms with Gasteiger partial charge in [0.05, 0.1) is 6.61 Å². The highest BCUT2D eigenvalue weighted by Crippen LogP contribution is 2.00. The molecule has 1 N–H and O–H groups in total. The summed E-state index contributed by atoms with van der Waals surface area (Å²) >= 11 is 0. The number of ether oxygens (including phenoxy) is 2. The van der Waals surface area contributed by atoms with Crippen LogP contribution in [0, 0.1) is 0 Å². The Morgan fingerprint density at radius 2 is 2.05 bits per heavy atom. The number of nitrogens with zero attached hydrogens (tertiary/aromatic N) is 1. The van der Waals surface area contributed by atoms with Crippen molar-refractivity contribution in [3.8, 4) is 0 Å². The summed E-state index contributed by atoms with van der Waals surface area (Å²) in [5.74, 6) is -0.138. The Labute approximate surface area is 117 Å². The lowest BCUT2D eigenvalue weighted by Crippen LogP contribution is -2.41. The summed E-state index contributed by atoms with van der Waals surface area (Å²) in [6.45, 7) is 7.85. The normalized spacial score (nSPS) is 12.7. The van der Waals surface area contributed by atoms with Crippen molar-refractivity contribution in [2.24, 2.45) is 0 Å². The van der Waals surface area contributed by atoms with Crippen LogP contribution in [0.25, 0.3) is 0 Å². The highest BCUT2D eigenvalue weighted by molar-refractivity contribution is 5.75. The van der Waals surface area contributed by atoms with E-state index in [0.29, 0.717) is 6.61 Å². The van der Waals surface area contributed by atoms with Gasteiger partial charge < -0.3 is 19.7 Å². The SMILES string of the molecule is CCCNC(CCN(C)CCCOC)C(=O)OCC. The van der Waals surface area contributed by atoms with Gasteiger partial charge in [-0.3, -0.25) is 4.79 Å². The van der Waals surface area contributed by atoms with Gasteiger partial charge in [0, 0.05) is 20.3 Å². The number of hydrogen-bond donors (Lipinski definition) is 1. The van der Waals surface area contributed by atoms with Crippen LogP contribution in [0.2, 0.25) is 0 Å². The lowest BCUT2D eigenvalue weighted by molar-refractivity contribution is -0.145. The molecule has 0 saturated carbocycles. The Balaban J connectivity index is 3.98. The second-order valence-electron chi connectivity index (χ2n) is 4.70. The summed E-state index contributed by atoms with van der Waals surface area (Å²) in [4.78, 5) is 14.0. The van der Waals surface area contributed by atoms with Crippen molar-refractivity contribution in [1.29, 1.82) is 0 Å². The molecule has 5 nitrogen and oxygen atoms in total. The van der Waals surface area contributed by atoms with Crippen LogP contribution in [0.5, 0.6) is 0 Å². The molecule has 0 aromatic heterocycles. The molecule has 0 aromatic rings. The zero-order chi connectivity index (χ0) is 14.5. The van der Waals surface area contributed by atoms with Crippen molar-refractivity contribution in [3.05, 3.63) is 0 Å². The summed E-state index contributed by atoms with van der Waals surface area (Å²) in [6, 6.07) is -0.190. The van der Waals surface area contributed by atoms with Crippen LogP contribution < -0.4 is 5.32 Å². The fourth-order valence-electron chi connectivity index (χ4n) is 1.80. The van der Waals surface area contributed by atoms with Gasteiger partial charge in [0.25, 0.3) is 0 Å². The van der Waals surface area contributed by atoms with Crippen molar-refractivity contribution in [3.63, 3.8) is 0 Å². The van der Waals surface area contributed by atoms with Gasteiger partial charge in [-0.1, -0.05) is 6.92 Å². The molecule has 0 fully saturated rings. The van der Waals surface area contributed by atoms with Crippen LogP contribution in [-0.2, 0) is 14.3 Å². The Kier molecular flexibility index (Phi) is 12.0. The van der Waals surface area contributed by atoms with Crippen molar-refractivity contribution in [2.45, 2.75) is 39.2 Å². The zero-order valence-electron chi connectivity index (χ0n) is 12.9. The highest BCUT2D eigenvalue weighted by Gasteiger charge is 2.18. The van der Waals surface area contributed by atoms with E-state index in [1.807, 2.05) is 6.92 Å². The van der Waals surface area contributed by atoms with Crippen LogP contribution in [0.4, 0.5) is 0 Å². The molecule has 0 heterocycles. The molecule has 19 heavy (non-hydrogen) atoms. The number of carbonyl (C=O) groups excluding carboxylic acids is 1. The number of esters is 1. The van der Waals surface area contributed by atoms with Crippen molar-refractivity contribution >= 4 is 5.97 Å². The Morgan fingerprint density at radius 1 is 1.32 bits per heavy atom. The summed E-state index contributed by atoms with van der Waals surface area (Å²) in [5.41, 5.74) is 0. The smallest absolute Gasteiger partial charge is 0.323 e. The summed E-state index contributed by atoms with van der Waals surface area (Å²) in [7, 11) is 3.78. The van der Waals surface area contributed by atoms with E-state index < -0.39 is 0 Å². The van der Waals surface area contributed by atoms with Gasteiger partial charge in [-0.2, -0.15) is 0 Å². The molecule has 0 aliphatic rings. The molecule has 0 spiro atoms. The van der Waals surface area contributed by atoms with Gasteiger partial charge in [-0.25, -0.2) is 0 Å². The average molecular weight is 274 g/mol. The number of carbonyl (C=O) groups is 1. The van der Waals surface area contributed by atoms with Gasteiger partial charge in [-0.15, -0.1) is 0 Å². The van der Waals surface area contributed by atoms with Crippen molar-refractivity contribution in [1.82, 2.24) is 10.2 Å². The van der Waals surface area contributed by atoms with E-state index in [4.69, 9.17) is 9.47 Å². The van der Waals surface area contributed by atoms with Gasteiger partial charge in [0.1, 0.15) is 6.04 Å². The average Bonchev–Trinajstić information content (AvgIpc) is 2.39. The van der Waals surface area contributed by atoms with Gasteiger partial charge in [0.2, 0.25) is 0 Å². The molecule has 1 unspecified atom stereocenters. The Bertz CT molecular complexity index is 225. The first-order chi connectivity index (χ1) is 9.15.